The van der Waals surface area contributed by atoms with Gasteiger partial charge >= 0.3 is 0 Å². The monoisotopic (exact) mass is 274 g/mol. The van der Waals surface area contributed by atoms with Gasteiger partial charge in [-0.05, 0) is 43.6 Å². The smallest absolute Gasteiger partial charge is 0.194 e. The van der Waals surface area contributed by atoms with Crippen molar-refractivity contribution < 1.29 is 13.2 Å². The average Bonchev–Trinajstić information content (AvgIpc) is 2.37. The maximum atomic E-state index is 13.3. The molecule has 0 saturated carbocycles. The van der Waals surface area contributed by atoms with E-state index in [0.717, 1.165) is 38.1 Å². The Morgan fingerprint density at radius 1 is 1.05 bits per heavy atom. The lowest BCUT2D eigenvalue weighted by molar-refractivity contribution is 0.201. The van der Waals surface area contributed by atoms with Crippen molar-refractivity contribution in [3.63, 3.8) is 0 Å². The van der Waals surface area contributed by atoms with E-state index in [1.165, 1.54) is 0 Å². The molecule has 1 unspecified atom stereocenters. The van der Waals surface area contributed by atoms with Crippen molar-refractivity contribution in [1.82, 2.24) is 4.90 Å². The van der Waals surface area contributed by atoms with Crippen molar-refractivity contribution in [2.75, 3.05) is 19.6 Å². The summed E-state index contributed by atoms with van der Waals surface area (Å²) in [6.07, 6.45) is 1.84. The van der Waals surface area contributed by atoms with E-state index in [9.17, 15) is 13.2 Å². The second-order valence-electron chi connectivity index (χ2n) is 4.59. The van der Waals surface area contributed by atoms with Gasteiger partial charge in [0.05, 0.1) is 0 Å². The quantitative estimate of drug-likeness (QED) is 0.773. The molecule has 0 aliphatic rings. The van der Waals surface area contributed by atoms with Crippen LogP contribution in [0.15, 0.2) is 12.1 Å². The summed E-state index contributed by atoms with van der Waals surface area (Å²) in [6, 6.07) is 1.78. The summed E-state index contributed by atoms with van der Waals surface area (Å²) in [5, 5.41) is 0. The molecule has 0 amide bonds. The zero-order chi connectivity index (χ0) is 14.4. The lowest BCUT2D eigenvalue weighted by Crippen LogP contribution is -2.35. The molecule has 2 N–H and O–H groups in total. The predicted octanol–water partition coefficient (Wildman–Crippen LogP) is 3.23. The number of rotatable bonds is 7. The number of benzene rings is 1. The largest absolute Gasteiger partial charge is 0.329 e. The van der Waals surface area contributed by atoms with Crippen molar-refractivity contribution in [2.24, 2.45) is 5.73 Å². The molecule has 0 heterocycles. The Morgan fingerprint density at radius 3 is 1.89 bits per heavy atom. The van der Waals surface area contributed by atoms with Gasteiger partial charge in [0.25, 0.3) is 0 Å². The number of hydrogen-bond donors (Lipinski definition) is 1. The van der Waals surface area contributed by atoms with Gasteiger partial charge in [0.1, 0.15) is 0 Å². The molecule has 1 aromatic carbocycles. The van der Waals surface area contributed by atoms with Crippen molar-refractivity contribution in [3.8, 4) is 0 Å². The van der Waals surface area contributed by atoms with Crippen molar-refractivity contribution >= 4 is 0 Å². The first-order valence-corrected chi connectivity index (χ1v) is 6.63. The molecule has 0 radical (unpaired) electrons. The van der Waals surface area contributed by atoms with E-state index in [0.29, 0.717) is 5.56 Å². The lowest BCUT2D eigenvalue weighted by atomic mass is 10.0. The van der Waals surface area contributed by atoms with Gasteiger partial charge < -0.3 is 5.73 Å². The Morgan fingerprint density at radius 2 is 1.53 bits per heavy atom. The molecule has 19 heavy (non-hydrogen) atoms. The van der Waals surface area contributed by atoms with Gasteiger partial charge in [-0.15, -0.1) is 0 Å². The zero-order valence-corrected chi connectivity index (χ0v) is 11.4. The minimum Gasteiger partial charge on any atom is -0.329 e. The fraction of sp³-hybridized carbons (Fsp3) is 0.571. The van der Waals surface area contributed by atoms with E-state index < -0.39 is 17.5 Å². The minimum atomic E-state index is -1.43. The minimum absolute atomic E-state index is 0.241. The molecule has 1 aromatic rings. The van der Waals surface area contributed by atoms with Crippen LogP contribution in [0.25, 0.3) is 0 Å². The third kappa shape index (κ3) is 3.94. The highest BCUT2D eigenvalue weighted by Gasteiger charge is 2.21. The maximum absolute atomic E-state index is 13.3. The second-order valence-corrected chi connectivity index (χ2v) is 4.59. The van der Waals surface area contributed by atoms with E-state index in [1.807, 2.05) is 13.8 Å². The summed E-state index contributed by atoms with van der Waals surface area (Å²) < 4.78 is 39.6. The second kappa shape index (κ2) is 7.50. The third-order valence-electron chi connectivity index (χ3n) is 3.08. The van der Waals surface area contributed by atoms with E-state index in [-0.39, 0.29) is 12.6 Å². The van der Waals surface area contributed by atoms with Gasteiger partial charge in [-0.1, -0.05) is 13.8 Å². The highest BCUT2D eigenvalue weighted by atomic mass is 19.2. The van der Waals surface area contributed by atoms with Gasteiger partial charge in [0, 0.05) is 12.6 Å². The first-order valence-electron chi connectivity index (χ1n) is 6.63. The Labute approximate surface area is 112 Å². The summed E-state index contributed by atoms with van der Waals surface area (Å²) in [6.45, 7) is 5.88. The molecule has 0 aliphatic carbocycles. The van der Waals surface area contributed by atoms with Gasteiger partial charge in [-0.2, -0.15) is 0 Å². The molecule has 0 saturated heterocycles. The van der Waals surface area contributed by atoms with Gasteiger partial charge in [-0.25, -0.2) is 13.2 Å². The molecular formula is C14H21F3N2. The predicted molar refractivity (Wildman–Crippen MR) is 70.3 cm³/mol. The van der Waals surface area contributed by atoms with Crippen molar-refractivity contribution in [3.05, 3.63) is 35.1 Å². The molecule has 0 aromatic heterocycles. The lowest BCUT2D eigenvalue weighted by Gasteiger charge is -2.30. The molecule has 5 heteroatoms. The average molecular weight is 274 g/mol. The highest BCUT2D eigenvalue weighted by molar-refractivity contribution is 5.23. The van der Waals surface area contributed by atoms with Crippen LogP contribution in [-0.4, -0.2) is 24.5 Å². The number of halogens is 3. The van der Waals surface area contributed by atoms with Gasteiger partial charge in [0.15, 0.2) is 17.5 Å². The van der Waals surface area contributed by atoms with Crippen LogP contribution in [0.3, 0.4) is 0 Å². The summed E-state index contributed by atoms with van der Waals surface area (Å²) in [4.78, 5) is 2.08. The molecular weight excluding hydrogens is 253 g/mol. The van der Waals surface area contributed by atoms with E-state index in [1.54, 1.807) is 0 Å². The third-order valence-corrected chi connectivity index (χ3v) is 3.08. The van der Waals surface area contributed by atoms with Crippen LogP contribution in [0.1, 0.15) is 38.3 Å². The molecule has 0 aliphatic heterocycles. The molecule has 2 nitrogen and oxygen atoms in total. The van der Waals surface area contributed by atoms with Crippen LogP contribution >= 0.6 is 0 Å². The number of nitrogens with zero attached hydrogens (tertiary/aromatic N) is 1. The highest BCUT2D eigenvalue weighted by Crippen LogP contribution is 2.24. The molecule has 1 rings (SSSR count). The van der Waals surface area contributed by atoms with E-state index in [2.05, 4.69) is 4.90 Å². The molecule has 0 spiro atoms. The van der Waals surface area contributed by atoms with Crippen LogP contribution in [0.5, 0.6) is 0 Å². The van der Waals surface area contributed by atoms with Gasteiger partial charge in [0.2, 0.25) is 0 Å². The number of hydrogen-bond acceptors (Lipinski definition) is 2. The van der Waals surface area contributed by atoms with E-state index in [4.69, 9.17) is 5.73 Å². The van der Waals surface area contributed by atoms with Crippen LogP contribution < -0.4 is 5.73 Å². The molecule has 1 atom stereocenters. The summed E-state index contributed by atoms with van der Waals surface area (Å²) in [5.41, 5.74) is 6.11. The molecule has 0 fully saturated rings. The normalized spacial score (nSPS) is 13.0. The van der Waals surface area contributed by atoms with Crippen molar-refractivity contribution in [2.45, 2.75) is 32.7 Å². The number of nitrogens with two attached hydrogens (primary N) is 1. The van der Waals surface area contributed by atoms with Crippen LogP contribution in [0, 0.1) is 17.5 Å². The Bertz CT molecular complexity index is 381. The SMILES string of the molecule is CCCN(CCC)C(CN)c1cc(F)c(F)c(F)c1. The van der Waals surface area contributed by atoms with Gasteiger partial charge in [-0.3, -0.25) is 4.90 Å². The molecule has 108 valence electrons. The standard InChI is InChI=1S/C14H21F3N2/c1-3-5-19(6-4-2)13(9-18)10-7-11(15)14(17)12(16)8-10/h7-8,13H,3-6,9,18H2,1-2H3. The van der Waals surface area contributed by atoms with Crippen LogP contribution in [0.2, 0.25) is 0 Å². The maximum Gasteiger partial charge on any atom is 0.194 e. The Balaban J connectivity index is 3.07. The summed E-state index contributed by atoms with van der Waals surface area (Å²) >= 11 is 0. The summed E-state index contributed by atoms with van der Waals surface area (Å²) in [7, 11) is 0. The van der Waals surface area contributed by atoms with Crippen LogP contribution in [0.4, 0.5) is 13.2 Å². The summed E-state index contributed by atoms with van der Waals surface area (Å²) in [5.74, 6) is -3.76. The Kier molecular flexibility index (Phi) is 6.31. The fourth-order valence-corrected chi connectivity index (χ4v) is 2.26. The van der Waals surface area contributed by atoms with Crippen LogP contribution in [-0.2, 0) is 0 Å². The van der Waals surface area contributed by atoms with Crippen molar-refractivity contribution in [1.29, 1.82) is 0 Å². The Hall–Kier alpha value is -1.07. The van der Waals surface area contributed by atoms with E-state index >= 15 is 0 Å². The first kappa shape index (κ1) is 16.0. The topological polar surface area (TPSA) is 29.3 Å². The zero-order valence-electron chi connectivity index (χ0n) is 11.4. The fourth-order valence-electron chi connectivity index (χ4n) is 2.26. The first-order chi connectivity index (χ1) is 9.04. The molecule has 0 bridgehead atoms.